The maximum absolute atomic E-state index is 12.7. The smallest absolute Gasteiger partial charge is 0.276 e. The third-order valence-electron chi connectivity index (χ3n) is 5.07. The highest BCUT2D eigenvalue weighted by Gasteiger charge is 2.35. The predicted molar refractivity (Wildman–Crippen MR) is 101 cm³/mol. The summed E-state index contributed by atoms with van der Waals surface area (Å²) in [5, 5.41) is 3.97. The van der Waals surface area contributed by atoms with Crippen LogP contribution in [0.3, 0.4) is 0 Å². The Hall–Kier alpha value is -3.41. The van der Waals surface area contributed by atoms with E-state index in [0.29, 0.717) is 24.5 Å². The zero-order chi connectivity index (χ0) is 18.4. The van der Waals surface area contributed by atoms with Crippen molar-refractivity contribution in [2.24, 2.45) is 0 Å². The van der Waals surface area contributed by atoms with E-state index in [1.807, 2.05) is 55.5 Å². The number of imidazole rings is 1. The van der Waals surface area contributed by atoms with Gasteiger partial charge in [-0.3, -0.25) is 4.79 Å². The van der Waals surface area contributed by atoms with Gasteiger partial charge >= 0.3 is 0 Å². The summed E-state index contributed by atoms with van der Waals surface area (Å²) < 4.78 is 7.57. The molecule has 0 radical (unpaired) electrons. The van der Waals surface area contributed by atoms with Gasteiger partial charge in [0, 0.05) is 24.7 Å². The molecule has 0 spiro atoms. The lowest BCUT2D eigenvalue weighted by atomic mass is 10.1. The Balaban J connectivity index is 1.33. The third-order valence-corrected chi connectivity index (χ3v) is 5.07. The first-order valence-corrected chi connectivity index (χ1v) is 8.95. The maximum atomic E-state index is 12.7. The largest absolute Gasteiger partial charge is 0.355 e. The van der Waals surface area contributed by atoms with E-state index < -0.39 is 0 Å². The van der Waals surface area contributed by atoms with Gasteiger partial charge in [0.05, 0.1) is 17.1 Å². The van der Waals surface area contributed by atoms with Crippen LogP contribution in [0.5, 0.6) is 0 Å². The Morgan fingerprint density at radius 3 is 2.63 bits per heavy atom. The molecule has 1 amide bonds. The molecular formula is C21H18N4O2. The van der Waals surface area contributed by atoms with Crippen LogP contribution in [-0.2, 0) is 0 Å². The SMILES string of the molecule is Cc1nc2ccccc2n1C1CN(C(=O)c2cc(-c3ccccc3)on2)C1. The molecule has 0 N–H and O–H groups in total. The quantitative estimate of drug-likeness (QED) is 0.560. The number of carbonyl (C=O) groups excluding carboxylic acids is 1. The van der Waals surface area contributed by atoms with Crippen LogP contribution in [0.2, 0.25) is 0 Å². The first-order valence-electron chi connectivity index (χ1n) is 8.95. The standard InChI is InChI=1S/C21H18N4O2/c1-14-22-17-9-5-6-10-19(17)25(14)16-12-24(13-16)21(26)18-11-20(27-23-18)15-7-3-2-4-8-15/h2-11,16H,12-13H2,1H3. The molecule has 0 aliphatic carbocycles. The number of rotatable bonds is 3. The van der Waals surface area contributed by atoms with Crippen LogP contribution in [0.15, 0.2) is 65.2 Å². The van der Waals surface area contributed by atoms with Crippen molar-refractivity contribution in [2.45, 2.75) is 13.0 Å². The van der Waals surface area contributed by atoms with Gasteiger partial charge in [0.1, 0.15) is 5.82 Å². The highest BCUT2D eigenvalue weighted by molar-refractivity contribution is 5.93. The van der Waals surface area contributed by atoms with Crippen molar-refractivity contribution in [1.29, 1.82) is 0 Å². The van der Waals surface area contributed by atoms with Crippen molar-refractivity contribution in [2.75, 3.05) is 13.1 Å². The van der Waals surface area contributed by atoms with Crippen LogP contribution in [-0.4, -0.2) is 38.6 Å². The predicted octanol–water partition coefficient (Wildman–Crippen LogP) is 3.70. The van der Waals surface area contributed by atoms with E-state index in [9.17, 15) is 4.79 Å². The first-order chi connectivity index (χ1) is 13.2. The summed E-state index contributed by atoms with van der Waals surface area (Å²) in [4.78, 5) is 19.1. The average molecular weight is 358 g/mol. The minimum Gasteiger partial charge on any atom is -0.355 e. The zero-order valence-electron chi connectivity index (χ0n) is 14.9. The number of hydrogen-bond acceptors (Lipinski definition) is 4. The van der Waals surface area contributed by atoms with Crippen LogP contribution in [0.25, 0.3) is 22.4 Å². The fraction of sp³-hybridized carbons (Fsp3) is 0.190. The number of benzene rings is 2. The van der Waals surface area contributed by atoms with Crippen molar-refractivity contribution >= 4 is 16.9 Å². The van der Waals surface area contributed by atoms with Gasteiger partial charge in [-0.05, 0) is 19.1 Å². The van der Waals surface area contributed by atoms with E-state index in [1.54, 1.807) is 11.0 Å². The van der Waals surface area contributed by atoms with Crippen molar-refractivity contribution in [3.8, 4) is 11.3 Å². The number of nitrogens with zero attached hydrogens (tertiary/aromatic N) is 4. The number of likely N-dealkylation sites (tertiary alicyclic amines) is 1. The van der Waals surface area contributed by atoms with Gasteiger partial charge < -0.3 is 14.0 Å². The van der Waals surface area contributed by atoms with E-state index in [1.165, 1.54) is 0 Å². The molecule has 27 heavy (non-hydrogen) atoms. The number of para-hydroxylation sites is 2. The van der Waals surface area contributed by atoms with Gasteiger partial charge in [-0.1, -0.05) is 47.6 Å². The average Bonchev–Trinajstić information content (AvgIpc) is 3.27. The Labute approximate surface area is 156 Å². The molecule has 2 aromatic carbocycles. The maximum Gasteiger partial charge on any atom is 0.276 e. The van der Waals surface area contributed by atoms with Crippen LogP contribution in [0, 0.1) is 6.92 Å². The Bertz CT molecular complexity index is 1120. The van der Waals surface area contributed by atoms with Crippen molar-refractivity contribution in [3.05, 3.63) is 72.2 Å². The molecule has 0 unspecified atom stereocenters. The fourth-order valence-electron chi connectivity index (χ4n) is 3.69. The molecule has 3 heterocycles. The fourth-order valence-corrected chi connectivity index (χ4v) is 3.69. The minimum absolute atomic E-state index is 0.0979. The number of hydrogen-bond donors (Lipinski definition) is 0. The number of amides is 1. The van der Waals surface area contributed by atoms with Crippen LogP contribution in [0.1, 0.15) is 22.4 Å². The molecule has 1 aliphatic rings. The Morgan fingerprint density at radius 1 is 1.07 bits per heavy atom. The van der Waals surface area contributed by atoms with E-state index in [4.69, 9.17) is 4.52 Å². The lowest BCUT2D eigenvalue weighted by Gasteiger charge is -2.40. The van der Waals surface area contributed by atoms with Gasteiger partial charge in [0.15, 0.2) is 11.5 Å². The summed E-state index contributed by atoms with van der Waals surface area (Å²) in [6.07, 6.45) is 0. The summed E-state index contributed by atoms with van der Waals surface area (Å²) in [5.41, 5.74) is 3.36. The summed E-state index contributed by atoms with van der Waals surface area (Å²) in [7, 11) is 0. The highest BCUT2D eigenvalue weighted by atomic mass is 16.5. The number of fused-ring (bicyclic) bond motifs is 1. The second-order valence-corrected chi connectivity index (χ2v) is 6.82. The molecule has 4 aromatic rings. The van der Waals surface area contributed by atoms with Gasteiger partial charge in [-0.15, -0.1) is 0 Å². The summed E-state index contributed by atoms with van der Waals surface area (Å²) in [5.74, 6) is 1.48. The summed E-state index contributed by atoms with van der Waals surface area (Å²) >= 11 is 0. The van der Waals surface area contributed by atoms with Gasteiger partial charge in [-0.25, -0.2) is 4.98 Å². The second-order valence-electron chi connectivity index (χ2n) is 6.82. The van der Waals surface area contributed by atoms with Gasteiger partial charge in [-0.2, -0.15) is 0 Å². The first kappa shape index (κ1) is 15.8. The van der Waals surface area contributed by atoms with E-state index >= 15 is 0 Å². The summed E-state index contributed by atoms with van der Waals surface area (Å²) in [6, 6.07) is 19.7. The topological polar surface area (TPSA) is 64.2 Å². The molecule has 2 aromatic heterocycles. The molecule has 0 atom stereocenters. The molecule has 0 bridgehead atoms. The number of aromatic nitrogens is 3. The molecule has 1 aliphatic heterocycles. The lowest BCUT2D eigenvalue weighted by Crippen LogP contribution is -2.51. The van der Waals surface area contributed by atoms with Gasteiger partial charge in [0.2, 0.25) is 0 Å². The van der Waals surface area contributed by atoms with Crippen LogP contribution in [0.4, 0.5) is 0 Å². The highest BCUT2D eigenvalue weighted by Crippen LogP contribution is 2.29. The normalized spacial score (nSPS) is 14.5. The molecular weight excluding hydrogens is 340 g/mol. The monoisotopic (exact) mass is 358 g/mol. The van der Waals surface area contributed by atoms with E-state index in [-0.39, 0.29) is 11.9 Å². The van der Waals surface area contributed by atoms with Crippen molar-refractivity contribution in [1.82, 2.24) is 19.6 Å². The van der Waals surface area contributed by atoms with Crippen molar-refractivity contribution < 1.29 is 9.32 Å². The number of aryl methyl sites for hydroxylation is 1. The molecule has 1 saturated heterocycles. The minimum atomic E-state index is -0.0979. The molecule has 1 fully saturated rings. The molecule has 0 saturated carbocycles. The van der Waals surface area contributed by atoms with Crippen LogP contribution >= 0.6 is 0 Å². The molecule has 6 heteroatoms. The molecule has 6 nitrogen and oxygen atoms in total. The van der Waals surface area contributed by atoms with E-state index in [2.05, 4.69) is 20.8 Å². The van der Waals surface area contributed by atoms with Crippen molar-refractivity contribution in [3.63, 3.8) is 0 Å². The second kappa shape index (κ2) is 6.09. The lowest BCUT2D eigenvalue weighted by molar-refractivity contribution is 0.0513. The summed E-state index contributed by atoms with van der Waals surface area (Å²) in [6.45, 7) is 3.30. The zero-order valence-corrected chi connectivity index (χ0v) is 14.9. The molecule has 5 rings (SSSR count). The number of carbonyl (C=O) groups is 1. The Kier molecular flexibility index (Phi) is 3.57. The third kappa shape index (κ3) is 2.61. The molecule has 134 valence electrons. The van der Waals surface area contributed by atoms with Gasteiger partial charge in [0.25, 0.3) is 5.91 Å². The Morgan fingerprint density at radius 2 is 1.81 bits per heavy atom. The van der Waals surface area contributed by atoms with Crippen LogP contribution < -0.4 is 0 Å². The van der Waals surface area contributed by atoms with E-state index in [0.717, 1.165) is 22.4 Å².